The largest absolute Gasteiger partial charge is 0.478 e. The van der Waals surface area contributed by atoms with Gasteiger partial charge in [-0.15, -0.1) is 0 Å². The molecule has 0 aliphatic heterocycles. The maximum Gasteiger partial charge on any atom is 0.337 e. The van der Waals surface area contributed by atoms with Crippen molar-refractivity contribution >= 4 is 5.97 Å². The van der Waals surface area contributed by atoms with Crippen molar-refractivity contribution in [1.82, 2.24) is 4.57 Å². The molecular formula is C14H23NO2. The molecule has 1 aromatic rings. The third kappa shape index (κ3) is 5.57. The maximum atomic E-state index is 10.7. The summed E-state index contributed by atoms with van der Waals surface area (Å²) in [4.78, 5) is 10.7. The van der Waals surface area contributed by atoms with Crippen molar-refractivity contribution in [3.8, 4) is 0 Å². The van der Waals surface area contributed by atoms with Crippen LogP contribution >= 0.6 is 0 Å². The molecule has 0 unspecified atom stereocenters. The van der Waals surface area contributed by atoms with Crippen LogP contribution in [0.25, 0.3) is 0 Å². The molecule has 0 radical (unpaired) electrons. The monoisotopic (exact) mass is 237 g/mol. The number of hydrogen-bond donors (Lipinski definition) is 1. The Hall–Kier alpha value is -1.25. The predicted molar refractivity (Wildman–Crippen MR) is 69.4 cm³/mol. The minimum absolute atomic E-state index is 0.382. The summed E-state index contributed by atoms with van der Waals surface area (Å²) in [6.07, 6.45) is 12.6. The standard InChI is InChI=1S/C14H23NO2/c1-2-3-4-5-6-7-8-10-15-11-9-13(12-15)14(16)17/h9,11-12H,2-8,10H2,1H3,(H,16,17). The molecule has 96 valence electrons. The third-order valence-electron chi connectivity index (χ3n) is 3.02. The first-order valence-corrected chi connectivity index (χ1v) is 6.63. The minimum Gasteiger partial charge on any atom is -0.478 e. The summed E-state index contributed by atoms with van der Waals surface area (Å²) in [6.45, 7) is 3.16. The highest BCUT2D eigenvalue weighted by Crippen LogP contribution is 2.09. The van der Waals surface area contributed by atoms with Gasteiger partial charge >= 0.3 is 5.97 Å². The second kappa shape index (κ2) is 7.93. The van der Waals surface area contributed by atoms with Crippen LogP contribution in [-0.4, -0.2) is 15.6 Å². The lowest BCUT2D eigenvalue weighted by Gasteiger charge is -2.03. The molecule has 0 spiro atoms. The minimum atomic E-state index is -0.844. The lowest BCUT2D eigenvalue weighted by Crippen LogP contribution is -1.96. The van der Waals surface area contributed by atoms with Crippen LogP contribution in [0.4, 0.5) is 0 Å². The van der Waals surface area contributed by atoms with E-state index in [0.29, 0.717) is 5.56 Å². The highest BCUT2D eigenvalue weighted by Gasteiger charge is 2.03. The van der Waals surface area contributed by atoms with E-state index in [1.807, 2.05) is 10.8 Å². The van der Waals surface area contributed by atoms with E-state index in [2.05, 4.69) is 6.92 Å². The quantitative estimate of drug-likeness (QED) is 0.661. The zero-order valence-corrected chi connectivity index (χ0v) is 10.7. The number of aromatic carboxylic acids is 1. The molecule has 0 amide bonds. The van der Waals surface area contributed by atoms with Gasteiger partial charge in [-0.2, -0.15) is 0 Å². The Morgan fingerprint density at radius 1 is 1.18 bits per heavy atom. The zero-order valence-electron chi connectivity index (χ0n) is 10.7. The maximum absolute atomic E-state index is 10.7. The van der Waals surface area contributed by atoms with Gasteiger partial charge in [0.2, 0.25) is 0 Å². The molecule has 3 heteroatoms. The van der Waals surface area contributed by atoms with Crippen molar-refractivity contribution in [2.45, 2.75) is 58.4 Å². The van der Waals surface area contributed by atoms with E-state index in [1.165, 1.54) is 38.5 Å². The Morgan fingerprint density at radius 3 is 2.41 bits per heavy atom. The van der Waals surface area contributed by atoms with Gasteiger partial charge in [-0.05, 0) is 12.5 Å². The molecule has 1 N–H and O–H groups in total. The van der Waals surface area contributed by atoms with Crippen molar-refractivity contribution in [1.29, 1.82) is 0 Å². The SMILES string of the molecule is CCCCCCCCCn1ccc(C(=O)O)c1. The molecule has 0 aliphatic rings. The average Bonchev–Trinajstić information content (AvgIpc) is 2.77. The molecular weight excluding hydrogens is 214 g/mol. The number of nitrogens with zero attached hydrogens (tertiary/aromatic N) is 1. The van der Waals surface area contributed by atoms with Crippen molar-refractivity contribution in [3.63, 3.8) is 0 Å². The number of rotatable bonds is 9. The first-order valence-electron chi connectivity index (χ1n) is 6.63. The summed E-state index contributed by atoms with van der Waals surface area (Å²) in [6, 6.07) is 1.66. The fraction of sp³-hybridized carbons (Fsp3) is 0.643. The summed E-state index contributed by atoms with van der Waals surface area (Å²) in [5.41, 5.74) is 0.382. The Kier molecular flexibility index (Phi) is 6.45. The van der Waals surface area contributed by atoms with Crippen LogP contribution in [0, 0.1) is 0 Å². The van der Waals surface area contributed by atoms with Crippen LogP contribution in [-0.2, 0) is 6.54 Å². The van der Waals surface area contributed by atoms with Crippen molar-refractivity contribution in [2.24, 2.45) is 0 Å². The molecule has 1 heterocycles. The van der Waals surface area contributed by atoms with Crippen LogP contribution in [0.3, 0.4) is 0 Å². The first-order chi connectivity index (χ1) is 8.24. The number of carboxylic acid groups (broad SMARTS) is 1. The number of unbranched alkanes of at least 4 members (excludes halogenated alkanes) is 6. The van der Waals surface area contributed by atoms with Crippen LogP contribution in [0.2, 0.25) is 0 Å². The Balaban J connectivity index is 2.07. The van der Waals surface area contributed by atoms with E-state index in [9.17, 15) is 4.79 Å². The van der Waals surface area contributed by atoms with Crippen LogP contribution in [0.5, 0.6) is 0 Å². The smallest absolute Gasteiger partial charge is 0.337 e. The second-order valence-electron chi connectivity index (χ2n) is 4.56. The highest BCUT2D eigenvalue weighted by molar-refractivity contribution is 5.87. The average molecular weight is 237 g/mol. The van der Waals surface area contributed by atoms with Gasteiger partial charge in [0, 0.05) is 18.9 Å². The Bertz CT molecular complexity index is 331. The van der Waals surface area contributed by atoms with E-state index in [-0.39, 0.29) is 0 Å². The molecule has 3 nitrogen and oxygen atoms in total. The van der Waals surface area contributed by atoms with Crippen molar-refractivity contribution in [2.75, 3.05) is 0 Å². The van der Waals surface area contributed by atoms with Gasteiger partial charge in [0.25, 0.3) is 0 Å². The number of carboxylic acids is 1. The molecule has 0 aromatic carbocycles. The van der Waals surface area contributed by atoms with E-state index in [1.54, 1.807) is 12.3 Å². The van der Waals surface area contributed by atoms with Gasteiger partial charge in [0.05, 0.1) is 5.56 Å². The van der Waals surface area contributed by atoms with Crippen molar-refractivity contribution in [3.05, 3.63) is 24.0 Å². The summed E-state index contributed by atoms with van der Waals surface area (Å²) >= 11 is 0. The molecule has 0 saturated carbocycles. The molecule has 0 bridgehead atoms. The molecule has 0 saturated heterocycles. The van der Waals surface area contributed by atoms with Gasteiger partial charge in [-0.3, -0.25) is 0 Å². The van der Waals surface area contributed by atoms with Crippen LogP contribution in [0.1, 0.15) is 62.2 Å². The topological polar surface area (TPSA) is 42.2 Å². The number of hydrogen-bond acceptors (Lipinski definition) is 1. The van der Waals surface area contributed by atoms with Crippen LogP contribution in [0.15, 0.2) is 18.5 Å². The Labute approximate surface area is 103 Å². The molecule has 1 aromatic heterocycles. The molecule has 1 rings (SSSR count). The lowest BCUT2D eigenvalue weighted by molar-refractivity contribution is 0.0697. The zero-order chi connectivity index (χ0) is 12.5. The highest BCUT2D eigenvalue weighted by atomic mass is 16.4. The lowest BCUT2D eigenvalue weighted by atomic mass is 10.1. The predicted octanol–water partition coefficient (Wildman–Crippen LogP) is 3.94. The first kappa shape index (κ1) is 13.8. The molecule has 17 heavy (non-hydrogen) atoms. The van der Waals surface area contributed by atoms with E-state index in [0.717, 1.165) is 13.0 Å². The van der Waals surface area contributed by atoms with Gasteiger partial charge in [-0.25, -0.2) is 4.79 Å². The summed E-state index contributed by atoms with van der Waals surface area (Å²) in [5.74, 6) is -0.844. The fourth-order valence-electron chi connectivity index (χ4n) is 1.96. The summed E-state index contributed by atoms with van der Waals surface area (Å²) < 4.78 is 1.97. The molecule has 0 atom stereocenters. The second-order valence-corrected chi connectivity index (χ2v) is 4.56. The number of aryl methyl sites for hydroxylation is 1. The summed E-state index contributed by atoms with van der Waals surface area (Å²) in [5, 5.41) is 8.78. The van der Waals surface area contributed by atoms with Gasteiger partial charge in [0.15, 0.2) is 0 Å². The van der Waals surface area contributed by atoms with E-state index in [4.69, 9.17) is 5.11 Å². The number of aromatic nitrogens is 1. The van der Waals surface area contributed by atoms with E-state index < -0.39 is 5.97 Å². The normalized spacial score (nSPS) is 10.6. The van der Waals surface area contributed by atoms with E-state index >= 15 is 0 Å². The third-order valence-corrected chi connectivity index (χ3v) is 3.02. The summed E-state index contributed by atoms with van der Waals surface area (Å²) in [7, 11) is 0. The van der Waals surface area contributed by atoms with Crippen LogP contribution < -0.4 is 0 Å². The molecule has 0 aliphatic carbocycles. The Morgan fingerprint density at radius 2 is 1.82 bits per heavy atom. The number of carbonyl (C=O) groups is 1. The van der Waals surface area contributed by atoms with Gasteiger partial charge in [-0.1, -0.05) is 45.4 Å². The van der Waals surface area contributed by atoms with Crippen molar-refractivity contribution < 1.29 is 9.90 Å². The van der Waals surface area contributed by atoms with Gasteiger partial charge in [0.1, 0.15) is 0 Å². The van der Waals surface area contributed by atoms with Gasteiger partial charge < -0.3 is 9.67 Å². The molecule has 0 fully saturated rings. The fourth-order valence-corrected chi connectivity index (χ4v) is 1.96.